The molecule has 150 valence electrons. The van der Waals surface area contributed by atoms with Gasteiger partial charge in [0, 0.05) is 30.5 Å². The van der Waals surface area contributed by atoms with E-state index in [1.807, 2.05) is 0 Å². The van der Waals surface area contributed by atoms with E-state index in [-0.39, 0.29) is 23.8 Å². The third kappa shape index (κ3) is 4.91. The predicted molar refractivity (Wildman–Crippen MR) is 101 cm³/mol. The molecule has 0 aliphatic carbocycles. The fourth-order valence-corrected chi connectivity index (χ4v) is 3.00. The van der Waals surface area contributed by atoms with Crippen molar-refractivity contribution in [3.05, 3.63) is 65.2 Å². The SMILES string of the molecule is COC=CC1=C(C(=COC)OC)C(c2cc(NC(C)=O)ccc2F)CC(=O)N1. The Bertz CT molecular complexity index is 845. The molecule has 7 nitrogen and oxygen atoms in total. The van der Waals surface area contributed by atoms with E-state index in [2.05, 4.69) is 10.6 Å². The quantitative estimate of drug-likeness (QED) is 0.699. The minimum absolute atomic E-state index is 0.00941. The van der Waals surface area contributed by atoms with Crippen molar-refractivity contribution in [2.75, 3.05) is 26.6 Å². The summed E-state index contributed by atoms with van der Waals surface area (Å²) in [6.45, 7) is 1.36. The van der Waals surface area contributed by atoms with Crippen LogP contribution in [-0.2, 0) is 23.8 Å². The van der Waals surface area contributed by atoms with Gasteiger partial charge in [-0.15, -0.1) is 0 Å². The molecule has 0 radical (unpaired) electrons. The molecule has 1 atom stereocenters. The minimum atomic E-state index is -0.666. The molecule has 1 unspecified atom stereocenters. The molecule has 2 rings (SSSR count). The molecule has 1 heterocycles. The van der Waals surface area contributed by atoms with Gasteiger partial charge in [-0.3, -0.25) is 9.59 Å². The Hall–Kier alpha value is -3.29. The van der Waals surface area contributed by atoms with Gasteiger partial charge in [0.1, 0.15) is 12.1 Å². The second-order valence-corrected chi connectivity index (χ2v) is 6.01. The molecular weight excluding hydrogens is 367 g/mol. The summed E-state index contributed by atoms with van der Waals surface area (Å²) >= 11 is 0. The fourth-order valence-electron chi connectivity index (χ4n) is 3.00. The van der Waals surface area contributed by atoms with E-state index in [9.17, 15) is 14.0 Å². The summed E-state index contributed by atoms with van der Waals surface area (Å²) in [6.07, 6.45) is 4.31. The van der Waals surface area contributed by atoms with Crippen molar-refractivity contribution in [3.63, 3.8) is 0 Å². The number of nitrogens with one attached hydrogen (secondary N) is 2. The van der Waals surface area contributed by atoms with Gasteiger partial charge >= 0.3 is 0 Å². The van der Waals surface area contributed by atoms with Crippen LogP contribution in [0.25, 0.3) is 0 Å². The van der Waals surface area contributed by atoms with Crippen LogP contribution in [-0.4, -0.2) is 33.1 Å². The van der Waals surface area contributed by atoms with Crippen LogP contribution in [0.5, 0.6) is 0 Å². The Kier molecular flexibility index (Phi) is 7.20. The molecule has 0 fully saturated rings. The van der Waals surface area contributed by atoms with Crippen LogP contribution in [0.2, 0.25) is 0 Å². The minimum Gasteiger partial charge on any atom is -0.504 e. The lowest BCUT2D eigenvalue weighted by Crippen LogP contribution is -2.32. The van der Waals surface area contributed by atoms with E-state index in [4.69, 9.17) is 14.2 Å². The molecular formula is C20H23FN2O5. The Morgan fingerprint density at radius 1 is 1.29 bits per heavy atom. The maximum Gasteiger partial charge on any atom is 0.225 e. The molecule has 0 saturated heterocycles. The van der Waals surface area contributed by atoms with Gasteiger partial charge in [0.15, 0.2) is 5.76 Å². The van der Waals surface area contributed by atoms with Crippen molar-refractivity contribution in [2.45, 2.75) is 19.3 Å². The highest BCUT2D eigenvalue weighted by Crippen LogP contribution is 2.39. The Morgan fingerprint density at radius 3 is 2.64 bits per heavy atom. The zero-order valence-electron chi connectivity index (χ0n) is 16.2. The van der Waals surface area contributed by atoms with E-state index in [1.54, 1.807) is 6.08 Å². The highest BCUT2D eigenvalue weighted by molar-refractivity contribution is 5.89. The lowest BCUT2D eigenvalue weighted by molar-refractivity contribution is -0.121. The molecule has 8 heteroatoms. The maximum absolute atomic E-state index is 14.7. The highest BCUT2D eigenvalue weighted by atomic mass is 19.1. The molecule has 1 aromatic carbocycles. The second kappa shape index (κ2) is 9.59. The number of carbonyl (C=O) groups excluding carboxylic acids is 2. The average molecular weight is 390 g/mol. The first-order chi connectivity index (χ1) is 13.4. The molecule has 0 aromatic heterocycles. The van der Waals surface area contributed by atoms with Crippen molar-refractivity contribution in [2.24, 2.45) is 0 Å². The molecule has 2 amide bonds. The number of anilines is 1. The summed E-state index contributed by atoms with van der Waals surface area (Å²) < 4.78 is 30.2. The summed E-state index contributed by atoms with van der Waals surface area (Å²) in [4.78, 5) is 23.7. The van der Waals surface area contributed by atoms with Crippen molar-refractivity contribution < 1.29 is 28.2 Å². The number of hydrogen-bond donors (Lipinski definition) is 2. The average Bonchev–Trinajstić information content (AvgIpc) is 2.65. The van der Waals surface area contributed by atoms with Crippen molar-refractivity contribution >= 4 is 17.5 Å². The number of hydrogen-bond acceptors (Lipinski definition) is 5. The van der Waals surface area contributed by atoms with Crippen LogP contribution >= 0.6 is 0 Å². The zero-order chi connectivity index (χ0) is 20.7. The van der Waals surface area contributed by atoms with Gasteiger partial charge in [0.25, 0.3) is 0 Å². The van der Waals surface area contributed by atoms with Gasteiger partial charge in [-0.25, -0.2) is 4.39 Å². The maximum atomic E-state index is 14.7. The first-order valence-electron chi connectivity index (χ1n) is 8.49. The summed E-state index contributed by atoms with van der Waals surface area (Å²) in [6, 6.07) is 4.22. The van der Waals surface area contributed by atoms with E-state index >= 15 is 0 Å². The van der Waals surface area contributed by atoms with Gasteiger partial charge < -0.3 is 24.8 Å². The standard InChI is InChI=1S/C20H23FN2O5/c1-12(24)22-13-5-6-16(21)14(9-13)15-10-19(25)23-17(7-8-26-2)20(15)18(28-4)11-27-3/h5-9,11,15H,10H2,1-4H3,(H,22,24)(H,23,25). The van der Waals surface area contributed by atoms with Crippen LogP contribution in [0, 0.1) is 5.82 Å². The normalized spacial score (nSPS) is 17.4. The van der Waals surface area contributed by atoms with E-state index < -0.39 is 11.7 Å². The summed E-state index contributed by atoms with van der Waals surface area (Å²) in [5, 5.41) is 5.37. The van der Waals surface area contributed by atoms with Crippen molar-refractivity contribution in [1.29, 1.82) is 0 Å². The van der Waals surface area contributed by atoms with Crippen molar-refractivity contribution in [3.8, 4) is 0 Å². The molecule has 2 N–H and O–H groups in total. The number of halogens is 1. The number of rotatable bonds is 7. The Labute approximate surface area is 162 Å². The van der Waals surface area contributed by atoms with Crippen LogP contribution in [0.3, 0.4) is 0 Å². The first-order valence-corrected chi connectivity index (χ1v) is 8.49. The molecule has 0 saturated carbocycles. The highest BCUT2D eigenvalue weighted by Gasteiger charge is 2.33. The van der Waals surface area contributed by atoms with Gasteiger partial charge in [0.05, 0.1) is 33.3 Å². The van der Waals surface area contributed by atoms with Gasteiger partial charge in [-0.1, -0.05) is 0 Å². The van der Waals surface area contributed by atoms with Crippen LogP contribution in [0.1, 0.15) is 24.8 Å². The molecule has 0 spiro atoms. The van der Waals surface area contributed by atoms with Gasteiger partial charge in [0.2, 0.25) is 11.8 Å². The largest absolute Gasteiger partial charge is 0.504 e. The van der Waals surface area contributed by atoms with Crippen LogP contribution in [0.4, 0.5) is 10.1 Å². The smallest absolute Gasteiger partial charge is 0.225 e. The van der Waals surface area contributed by atoms with E-state index in [0.717, 1.165) is 0 Å². The fraction of sp³-hybridized carbons (Fsp3) is 0.300. The Morgan fingerprint density at radius 2 is 2.04 bits per heavy atom. The number of amides is 2. The molecule has 1 aromatic rings. The topological polar surface area (TPSA) is 85.9 Å². The summed E-state index contributed by atoms with van der Waals surface area (Å²) in [5.41, 5.74) is 1.60. The lowest BCUT2D eigenvalue weighted by Gasteiger charge is -2.29. The number of benzene rings is 1. The zero-order valence-corrected chi connectivity index (χ0v) is 16.2. The summed E-state index contributed by atoms with van der Waals surface area (Å²) in [5.74, 6) is -1.42. The van der Waals surface area contributed by atoms with E-state index in [1.165, 1.54) is 59.0 Å². The third-order valence-corrected chi connectivity index (χ3v) is 4.08. The second-order valence-electron chi connectivity index (χ2n) is 6.01. The van der Waals surface area contributed by atoms with Crippen molar-refractivity contribution in [1.82, 2.24) is 5.32 Å². The molecule has 28 heavy (non-hydrogen) atoms. The van der Waals surface area contributed by atoms with Crippen LogP contribution < -0.4 is 10.6 Å². The third-order valence-electron chi connectivity index (χ3n) is 4.08. The van der Waals surface area contributed by atoms with Crippen LogP contribution in [0.15, 0.2) is 53.8 Å². The number of methoxy groups -OCH3 is 3. The predicted octanol–water partition coefficient (Wildman–Crippen LogP) is 2.94. The molecule has 0 bridgehead atoms. The monoisotopic (exact) mass is 390 g/mol. The van der Waals surface area contributed by atoms with Gasteiger partial charge in [-0.2, -0.15) is 0 Å². The summed E-state index contributed by atoms with van der Waals surface area (Å²) in [7, 11) is 4.38. The molecule has 1 aliphatic heterocycles. The number of carbonyl (C=O) groups is 2. The molecule has 1 aliphatic rings. The lowest BCUT2D eigenvalue weighted by atomic mass is 9.83. The first kappa shape index (κ1) is 21.0. The number of ether oxygens (including phenoxy) is 3. The number of allylic oxidation sites excluding steroid dienone is 2. The van der Waals surface area contributed by atoms with Gasteiger partial charge in [-0.05, 0) is 29.8 Å². The Balaban J connectivity index is 2.68. The van der Waals surface area contributed by atoms with E-state index in [0.29, 0.717) is 22.7 Å².